The van der Waals surface area contributed by atoms with Crippen molar-refractivity contribution in [2.45, 2.75) is 33.7 Å². The van der Waals surface area contributed by atoms with E-state index >= 15 is 0 Å². The number of rotatable bonds is 4. The number of nitrogens with one attached hydrogen (secondary N) is 2. The Kier molecular flexibility index (Phi) is 4.88. The van der Waals surface area contributed by atoms with Gasteiger partial charge in [0.15, 0.2) is 0 Å². The molecule has 0 aliphatic carbocycles. The van der Waals surface area contributed by atoms with E-state index < -0.39 is 0 Å². The van der Waals surface area contributed by atoms with Crippen LogP contribution in [0.5, 0.6) is 0 Å². The van der Waals surface area contributed by atoms with Crippen LogP contribution in [-0.2, 0) is 0 Å². The maximum atomic E-state index is 3.50. The molecule has 0 aliphatic heterocycles. The van der Waals surface area contributed by atoms with Crippen LogP contribution in [0, 0.1) is 17.3 Å². The lowest BCUT2D eigenvalue weighted by Gasteiger charge is -2.13. The van der Waals surface area contributed by atoms with E-state index in [9.17, 15) is 0 Å². The predicted octanol–water partition coefficient (Wildman–Crippen LogP) is 4.42. The molecule has 2 rings (SSSR count). The van der Waals surface area contributed by atoms with Crippen molar-refractivity contribution < 1.29 is 0 Å². The van der Waals surface area contributed by atoms with Gasteiger partial charge in [-0.25, -0.2) is 0 Å². The summed E-state index contributed by atoms with van der Waals surface area (Å²) in [5.74, 6) is 6.28. The molecule has 2 nitrogen and oxygen atoms in total. The number of hydrogen-bond donors (Lipinski definition) is 2. The van der Waals surface area contributed by atoms with Crippen LogP contribution in [0.4, 0.5) is 0 Å². The Bertz CT molecular complexity index is 675. The highest BCUT2D eigenvalue weighted by molar-refractivity contribution is 5.82. The average Bonchev–Trinajstić information content (AvgIpc) is 2.89. The summed E-state index contributed by atoms with van der Waals surface area (Å²) in [4.78, 5) is 3.32. The number of aromatic nitrogens is 1. The lowest BCUT2D eigenvalue weighted by molar-refractivity contribution is 0.571. The predicted molar refractivity (Wildman–Crippen MR) is 91.1 cm³/mol. The van der Waals surface area contributed by atoms with Crippen LogP contribution in [0.1, 0.15) is 39.3 Å². The summed E-state index contributed by atoms with van der Waals surface area (Å²) in [6.07, 6.45) is 5.99. The molecule has 1 heterocycles. The van der Waals surface area contributed by atoms with Gasteiger partial charge in [-0.3, -0.25) is 0 Å². The maximum Gasteiger partial charge on any atom is 0.0502 e. The van der Waals surface area contributed by atoms with Crippen LogP contribution in [-0.4, -0.2) is 11.5 Å². The van der Waals surface area contributed by atoms with Gasteiger partial charge in [0.25, 0.3) is 0 Å². The van der Waals surface area contributed by atoms with Crippen LogP contribution < -0.4 is 5.32 Å². The first kappa shape index (κ1) is 15.4. The maximum absolute atomic E-state index is 3.50. The number of hydrogen-bond acceptors (Lipinski definition) is 1. The summed E-state index contributed by atoms with van der Waals surface area (Å²) in [6, 6.07) is 8.80. The van der Waals surface area contributed by atoms with Gasteiger partial charge in [0.2, 0.25) is 0 Å². The second-order valence-electron chi connectivity index (χ2n) is 6.34. The van der Waals surface area contributed by atoms with Crippen molar-refractivity contribution in [2.24, 2.45) is 5.41 Å². The highest BCUT2D eigenvalue weighted by Crippen LogP contribution is 2.22. The molecular weight excluding hydrogens is 256 g/mol. The van der Waals surface area contributed by atoms with Crippen molar-refractivity contribution in [3.05, 3.63) is 48.2 Å². The molecule has 0 radical (unpaired) electrons. The Morgan fingerprint density at radius 3 is 2.86 bits per heavy atom. The van der Waals surface area contributed by atoms with Crippen LogP contribution in [0.15, 0.2) is 42.6 Å². The molecule has 21 heavy (non-hydrogen) atoms. The summed E-state index contributed by atoms with van der Waals surface area (Å²) in [5, 5.41) is 4.76. The smallest absolute Gasteiger partial charge is 0.0502 e. The molecular formula is C19H24N2. The van der Waals surface area contributed by atoms with Gasteiger partial charge in [-0.1, -0.05) is 36.1 Å². The number of H-pyrrole nitrogens is 1. The van der Waals surface area contributed by atoms with Crippen LogP contribution >= 0.6 is 0 Å². The molecule has 2 N–H and O–H groups in total. The van der Waals surface area contributed by atoms with Gasteiger partial charge in [-0.15, -0.1) is 0 Å². The second-order valence-corrected chi connectivity index (χ2v) is 6.34. The molecule has 0 spiro atoms. The number of aromatic amines is 1. The topological polar surface area (TPSA) is 27.8 Å². The molecule has 0 amide bonds. The first-order valence-corrected chi connectivity index (χ1v) is 7.44. The molecule has 1 aromatic heterocycles. The number of para-hydroxylation sites is 1. The fourth-order valence-corrected chi connectivity index (χ4v) is 2.20. The van der Waals surface area contributed by atoms with E-state index in [0.29, 0.717) is 6.04 Å². The minimum Gasteiger partial charge on any atom is -0.361 e. The molecule has 0 fully saturated rings. The van der Waals surface area contributed by atoms with Gasteiger partial charge in [0.1, 0.15) is 0 Å². The first-order valence-electron chi connectivity index (χ1n) is 7.44. The molecule has 0 bridgehead atoms. The molecule has 110 valence electrons. The van der Waals surface area contributed by atoms with Gasteiger partial charge >= 0.3 is 0 Å². The minimum absolute atomic E-state index is 0.0638. The number of benzene rings is 1. The lowest BCUT2D eigenvalue weighted by Crippen LogP contribution is -2.18. The van der Waals surface area contributed by atoms with Crippen molar-refractivity contribution in [3.63, 3.8) is 0 Å². The minimum atomic E-state index is 0.0638. The van der Waals surface area contributed by atoms with Gasteiger partial charge < -0.3 is 10.3 Å². The highest BCUT2D eigenvalue weighted by Gasteiger charge is 2.08. The summed E-state index contributed by atoms with van der Waals surface area (Å²) < 4.78 is 0. The van der Waals surface area contributed by atoms with Crippen molar-refractivity contribution >= 4 is 10.9 Å². The Hall–Kier alpha value is -1.98. The zero-order valence-corrected chi connectivity index (χ0v) is 13.3. The van der Waals surface area contributed by atoms with Gasteiger partial charge in [-0.05, 0) is 50.8 Å². The Labute approximate surface area is 127 Å². The quantitative estimate of drug-likeness (QED) is 0.797. The highest BCUT2D eigenvalue weighted by atomic mass is 14.9. The Morgan fingerprint density at radius 2 is 2.10 bits per heavy atom. The SMILES string of the molecule is C[C@@H](NC/C=C\C#CC(C)(C)C)c1cccc2cc[nH]c12. The van der Waals surface area contributed by atoms with E-state index in [-0.39, 0.29) is 5.41 Å². The van der Waals surface area contributed by atoms with Crippen molar-refractivity contribution in [1.82, 2.24) is 10.3 Å². The molecule has 0 unspecified atom stereocenters. The summed E-state index contributed by atoms with van der Waals surface area (Å²) in [5.41, 5.74) is 2.58. The first-order chi connectivity index (χ1) is 9.97. The van der Waals surface area contributed by atoms with Gasteiger partial charge in [0, 0.05) is 24.2 Å². The van der Waals surface area contributed by atoms with E-state index in [1.165, 1.54) is 16.5 Å². The molecule has 1 aromatic carbocycles. The van der Waals surface area contributed by atoms with Crippen LogP contribution in [0.2, 0.25) is 0 Å². The Morgan fingerprint density at radius 1 is 1.29 bits per heavy atom. The summed E-state index contributed by atoms with van der Waals surface area (Å²) in [7, 11) is 0. The van der Waals surface area contributed by atoms with E-state index in [2.05, 4.69) is 80.2 Å². The lowest BCUT2D eigenvalue weighted by atomic mass is 9.98. The van der Waals surface area contributed by atoms with E-state index in [1.807, 2.05) is 12.3 Å². The van der Waals surface area contributed by atoms with Crippen molar-refractivity contribution in [1.29, 1.82) is 0 Å². The third-order valence-corrected chi connectivity index (χ3v) is 3.28. The van der Waals surface area contributed by atoms with Gasteiger partial charge in [-0.2, -0.15) is 0 Å². The van der Waals surface area contributed by atoms with E-state index in [0.717, 1.165) is 6.54 Å². The van der Waals surface area contributed by atoms with Crippen molar-refractivity contribution in [2.75, 3.05) is 6.54 Å². The van der Waals surface area contributed by atoms with Crippen LogP contribution in [0.3, 0.4) is 0 Å². The number of allylic oxidation sites excluding steroid dienone is 1. The Balaban J connectivity index is 1.93. The van der Waals surface area contributed by atoms with E-state index in [4.69, 9.17) is 0 Å². The standard InChI is InChI=1S/C19H24N2/c1-15(20-13-7-5-6-12-19(2,3)4)17-10-8-9-16-11-14-21-18(16)17/h5,7-11,14-15,20-21H,13H2,1-4H3/b7-5-/t15-/m1/s1. The average molecular weight is 280 g/mol. The molecule has 0 saturated carbocycles. The normalized spacial score (nSPS) is 13.3. The number of fused-ring (bicyclic) bond motifs is 1. The molecule has 2 heteroatoms. The molecule has 1 atom stereocenters. The molecule has 0 aliphatic rings. The largest absolute Gasteiger partial charge is 0.361 e. The fourth-order valence-electron chi connectivity index (χ4n) is 2.20. The third-order valence-electron chi connectivity index (χ3n) is 3.28. The fraction of sp³-hybridized carbons (Fsp3) is 0.368. The monoisotopic (exact) mass is 280 g/mol. The zero-order chi connectivity index (χ0) is 15.3. The molecule has 0 saturated heterocycles. The van der Waals surface area contributed by atoms with Crippen molar-refractivity contribution in [3.8, 4) is 11.8 Å². The second kappa shape index (κ2) is 6.65. The summed E-state index contributed by atoms with van der Waals surface area (Å²) in [6.45, 7) is 9.35. The zero-order valence-electron chi connectivity index (χ0n) is 13.3. The third kappa shape index (κ3) is 4.51. The van der Waals surface area contributed by atoms with Crippen LogP contribution in [0.25, 0.3) is 10.9 Å². The summed E-state index contributed by atoms with van der Waals surface area (Å²) >= 11 is 0. The van der Waals surface area contributed by atoms with Gasteiger partial charge in [0.05, 0.1) is 5.52 Å². The molecule has 2 aromatic rings. The van der Waals surface area contributed by atoms with E-state index in [1.54, 1.807) is 0 Å².